The summed E-state index contributed by atoms with van der Waals surface area (Å²) >= 11 is 0. The highest BCUT2D eigenvalue weighted by Gasteiger charge is 2.35. The largest absolute Gasteiger partial charge is 0.395 e. The van der Waals surface area contributed by atoms with Gasteiger partial charge in [-0.1, -0.05) is 6.07 Å². The lowest BCUT2D eigenvalue weighted by molar-refractivity contribution is 0.108. The third-order valence-electron chi connectivity index (χ3n) is 6.83. The predicted molar refractivity (Wildman–Crippen MR) is 115 cm³/mol. The molecular formula is C22H30N6O2. The van der Waals surface area contributed by atoms with Gasteiger partial charge in [-0.2, -0.15) is 0 Å². The second kappa shape index (κ2) is 8.45. The van der Waals surface area contributed by atoms with Crippen molar-refractivity contribution in [2.75, 3.05) is 57.3 Å². The first kappa shape index (κ1) is 19.7. The van der Waals surface area contributed by atoms with Crippen LogP contribution in [-0.2, 0) is 13.1 Å². The Morgan fingerprint density at radius 2 is 1.87 bits per heavy atom. The van der Waals surface area contributed by atoms with Crippen molar-refractivity contribution in [3.63, 3.8) is 0 Å². The molecule has 2 aromatic heterocycles. The maximum absolute atomic E-state index is 13.3. The molecule has 30 heavy (non-hydrogen) atoms. The Morgan fingerprint density at radius 1 is 1.03 bits per heavy atom. The Bertz CT molecular complexity index is 925. The van der Waals surface area contributed by atoms with Crippen LogP contribution in [0, 0.1) is 5.92 Å². The summed E-state index contributed by atoms with van der Waals surface area (Å²) in [6, 6.07) is 4.23. The van der Waals surface area contributed by atoms with Gasteiger partial charge in [0.2, 0.25) is 0 Å². The molecule has 0 amide bonds. The number of hydrogen-bond acceptors (Lipinski definition) is 7. The molecule has 5 rings (SSSR count). The van der Waals surface area contributed by atoms with Crippen molar-refractivity contribution in [1.29, 1.82) is 0 Å². The third-order valence-corrected chi connectivity index (χ3v) is 6.83. The molecule has 2 fully saturated rings. The van der Waals surface area contributed by atoms with Gasteiger partial charge in [-0.05, 0) is 18.4 Å². The van der Waals surface area contributed by atoms with Crippen LogP contribution in [0.5, 0.6) is 0 Å². The molecule has 2 aromatic rings. The van der Waals surface area contributed by atoms with Gasteiger partial charge in [0, 0.05) is 88.5 Å². The van der Waals surface area contributed by atoms with Gasteiger partial charge in [0.05, 0.1) is 12.8 Å². The van der Waals surface area contributed by atoms with Gasteiger partial charge in [-0.25, -0.2) is 4.98 Å². The summed E-state index contributed by atoms with van der Waals surface area (Å²) in [5.74, 6) is 1.76. The van der Waals surface area contributed by atoms with E-state index >= 15 is 0 Å². The minimum atomic E-state index is 0.188. The summed E-state index contributed by atoms with van der Waals surface area (Å²) in [5.41, 5.74) is 2.26. The number of rotatable bonds is 5. The molecule has 160 valence electrons. The zero-order valence-electron chi connectivity index (χ0n) is 17.4. The highest BCUT2D eigenvalue weighted by Crippen LogP contribution is 2.36. The first-order chi connectivity index (χ1) is 14.7. The van der Waals surface area contributed by atoms with Crippen molar-refractivity contribution in [3.8, 4) is 0 Å². The number of aliphatic hydroxyl groups is 1. The second-order valence-corrected chi connectivity index (χ2v) is 8.81. The standard InChI is InChI=1S/C22H30N6O2/c29-10-9-25-5-7-26(8-6-25)15-18-1-2-20-19-11-17(14-28(20)22(18)30)13-27(16-19)21-12-23-3-4-24-21/h1-4,12,17,19,29H,5-11,13-16H2/t17-,19+/m0/s1. The molecule has 0 spiro atoms. The number of β-amino-alcohol motifs (C(OH)–C–C–N with tert-alkyl or cyclic N) is 1. The van der Waals surface area contributed by atoms with Crippen LogP contribution in [0.25, 0.3) is 0 Å². The number of aliphatic hydroxyl groups excluding tert-OH is 1. The summed E-state index contributed by atoms with van der Waals surface area (Å²) in [6.45, 7) is 8.07. The Kier molecular flexibility index (Phi) is 5.54. The summed E-state index contributed by atoms with van der Waals surface area (Å²) in [5, 5.41) is 9.11. The third kappa shape index (κ3) is 3.87. The SMILES string of the molecule is O=c1c(CN2CCN(CCO)CC2)ccc2n1C[C@H]1C[C@@H]2CN(c2cnccn2)C1. The molecule has 3 aliphatic heterocycles. The van der Waals surface area contributed by atoms with Crippen LogP contribution in [0.4, 0.5) is 5.82 Å². The molecule has 0 aliphatic carbocycles. The number of nitrogens with zero attached hydrogens (tertiary/aromatic N) is 6. The van der Waals surface area contributed by atoms with Gasteiger partial charge in [0.25, 0.3) is 5.56 Å². The Labute approximate surface area is 176 Å². The fraction of sp³-hybridized carbons (Fsp3) is 0.591. The number of pyridine rings is 1. The van der Waals surface area contributed by atoms with Crippen molar-refractivity contribution in [2.24, 2.45) is 5.92 Å². The van der Waals surface area contributed by atoms with Crippen molar-refractivity contribution in [2.45, 2.75) is 25.4 Å². The van der Waals surface area contributed by atoms with Gasteiger partial charge in [0.15, 0.2) is 0 Å². The van der Waals surface area contributed by atoms with Crippen LogP contribution >= 0.6 is 0 Å². The maximum Gasteiger partial charge on any atom is 0.255 e. The van der Waals surface area contributed by atoms with E-state index in [-0.39, 0.29) is 12.2 Å². The smallest absolute Gasteiger partial charge is 0.255 e. The van der Waals surface area contributed by atoms with Crippen molar-refractivity contribution in [1.82, 2.24) is 24.3 Å². The minimum absolute atomic E-state index is 0.188. The van der Waals surface area contributed by atoms with Gasteiger partial charge < -0.3 is 14.6 Å². The molecule has 1 N–H and O–H groups in total. The maximum atomic E-state index is 13.3. The van der Waals surface area contributed by atoms with E-state index in [9.17, 15) is 4.79 Å². The van der Waals surface area contributed by atoms with Crippen molar-refractivity contribution in [3.05, 3.63) is 52.3 Å². The first-order valence-corrected chi connectivity index (χ1v) is 11.0. The molecule has 2 atom stereocenters. The topological polar surface area (TPSA) is 77.7 Å². The molecule has 5 heterocycles. The van der Waals surface area contributed by atoms with E-state index in [4.69, 9.17) is 5.11 Å². The molecule has 0 radical (unpaired) electrons. The van der Waals surface area contributed by atoms with Gasteiger partial charge in [-0.3, -0.25) is 19.6 Å². The van der Waals surface area contributed by atoms with Crippen LogP contribution in [0.2, 0.25) is 0 Å². The Morgan fingerprint density at radius 3 is 2.63 bits per heavy atom. The van der Waals surface area contributed by atoms with E-state index in [1.54, 1.807) is 12.4 Å². The number of anilines is 1. The highest BCUT2D eigenvalue weighted by molar-refractivity contribution is 5.38. The Hall–Kier alpha value is -2.29. The van der Waals surface area contributed by atoms with Gasteiger partial charge in [0.1, 0.15) is 5.82 Å². The summed E-state index contributed by atoms with van der Waals surface area (Å²) < 4.78 is 2.05. The predicted octanol–water partition coefficient (Wildman–Crippen LogP) is 0.372. The fourth-order valence-electron chi connectivity index (χ4n) is 5.31. The Balaban J connectivity index is 1.31. The lowest BCUT2D eigenvalue weighted by atomic mass is 9.83. The monoisotopic (exact) mass is 410 g/mol. The van der Waals surface area contributed by atoms with E-state index in [2.05, 4.69) is 36.8 Å². The quantitative estimate of drug-likeness (QED) is 0.763. The lowest BCUT2D eigenvalue weighted by Gasteiger charge is -2.43. The number of hydrogen-bond donors (Lipinski definition) is 1. The molecule has 8 nitrogen and oxygen atoms in total. The van der Waals surface area contributed by atoms with Crippen LogP contribution in [0.3, 0.4) is 0 Å². The number of fused-ring (bicyclic) bond motifs is 4. The molecule has 2 bridgehead atoms. The molecule has 3 aliphatic rings. The average molecular weight is 411 g/mol. The summed E-state index contributed by atoms with van der Waals surface area (Å²) in [6.07, 6.45) is 6.42. The van der Waals surface area contributed by atoms with E-state index < -0.39 is 0 Å². The van der Waals surface area contributed by atoms with E-state index in [1.165, 1.54) is 5.69 Å². The van der Waals surface area contributed by atoms with Gasteiger partial charge >= 0.3 is 0 Å². The minimum Gasteiger partial charge on any atom is -0.395 e. The van der Waals surface area contributed by atoms with Crippen molar-refractivity contribution >= 4 is 5.82 Å². The van der Waals surface area contributed by atoms with Gasteiger partial charge in [-0.15, -0.1) is 0 Å². The summed E-state index contributed by atoms with van der Waals surface area (Å²) in [4.78, 5) is 28.9. The molecule has 0 unspecified atom stereocenters. The molecule has 8 heteroatoms. The average Bonchev–Trinajstić information content (AvgIpc) is 2.78. The van der Waals surface area contributed by atoms with E-state index in [0.717, 1.165) is 70.2 Å². The van der Waals surface area contributed by atoms with Crippen molar-refractivity contribution < 1.29 is 5.11 Å². The normalized spacial score (nSPS) is 24.6. The van der Waals surface area contributed by atoms with E-state index in [0.29, 0.717) is 18.4 Å². The summed E-state index contributed by atoms with van der Waals surface area (Å²) in [7, 11) is 0. The van der Waals surface area contributed by atoms with Crippen LogP contribution in [0.1, 0.15) is 23.6 Å². The van der Waals surface area contributed by atoms with Crippen LogP contribution in [-0.4, -0.2) is 81.9 Å². The van der Waals surface area contributed by atoms with Crippen LogP contribution in [0.15, 0.2) is 35.5 Å². The zero-order valence-corrected chi connectivity index (χ0v) is 17.4. The lowest BCUT2D eigenvalue weighted by Crippen LogP contribution is -2.49. The number of piperazine rings is 1. The first-order valence-electron chi connectivity index (χ1n) is 11.0. The van der Waals surface area contributed by atoms with Crippen LogP contribution < -0.4 is 10.5 Å². The fourth-order valence-corrected chi connectivity index (χ4v) is 5.31. The molecule has 2 saturated heterocycles. The molecular weight excluding hydrogens is 380 g/mol. The highest BCUT2D eigenvalue weighted by atomic mass is 16.3. The van der Waals surface area contributed by atoms with E-state index in [1.807, 2.05) is 10.8 Å². The number of aromatic nitrogens is 3. The zero-order chi connectivity index (χ0) is 20.5. The molecule has 0 saturated carbocycles. The second-order valence-electron chi connectivity index (χ2n) is 8.81. The number of piperidine rings is 1. The molecule has 0 aromatic carbocycles.